The van der Waals surface area contributed by atoms with Crippen LogP contribution in [0.1, 0.15) is 35.2 Å². The number of Topliss-reactive ketones (excluding diaryl/α,β-unsaturated/α-hetero) is 1. The van der Waals surface area contributed by atoms with Crippen LogP contribution in [0, 0.1) is 0 Å². The lowest BCUT2D eigenvalue weighted by molar-refractivity contribution is 0.0981. The van der Waals surface area contributed by atoms with Gasteiger partial charge in [0, 0.05) is 19.0 Å². The summed E-state index contributed by atoms with van der Waals surface area (Å²) in [6.07, 6.45) is 2.16. The highest BCUT2D eigenvalue weighted by molar-refractivity contribution is 6.73. The number of hydrogen-bond donors (Lipinski definition) is 0. The summed E-state index contributed by atoms with van der Waals surface area (Å²) >= 11 is 0. The van der Waals surface area contributed by atoms with Crippen molar-refractivity contribution in [1.29, 1.82) is 0 Å². The minimum Gasteiger partial charge on any atom is -0.327 e. The van der Waals surface area contributed by atoms with E-state index in [9.17, 15) is 4.79 Å². The van der Waals surface area contributed by atoms with Crippen LogP contribution in [0.2, 0.25) is 19.6 Å². The number of nitrogens with zero attached hydrogens (tertiary/aromatic N) is 2. The molecule has 0 saturated heterocycles. The third-order valence-corrected chi connectivity index (χ3v) is 6.30. The molecule has 0 radical (unpaired) electrons. The molecule has 0 aliphatic heterocycles. The van der Waals surface area contributed by atoms with Gasteiger partial charge in [-0.15, -0.1) is 0 Å². The molecule has 4 heteroatoms. The van der Waals surface area contributed by atoms with Crippen molar-refractivity contribution in [2.24, 2.45) is 5.10 Å². The molecule has 0 fully saturated rings. The molecule has 3 nitrogen and oxygen atoms in total. The van der Waals surface area contributed by atoms with Crippen molar-refractivity contribution in [1.82, 2.24) is 4.67 Å². The van der Waals surface area contributed by atoms with Crippen LogP contribution in [0.3, 0.4) is 0 Å². The number of carbonyl (C=O) groups is 1. The summed E-state index contributed by atoms with van der Waals surface area (Å²) in [5, 5.41) is 4.89. The van der Waals surface area contributed by atoms with Gasteiger partial charge in [-0.3, -0.25) is 4.79 Å². The van der Waals surface area contributed by atoms with Gasteiger partial charge in [0.15, 0.2) is 14.0 Å². The summed E-state index contributed by atoms with van der Waals surface area (Å²) in [6.45, 7) is 6.83. The number of ketones is 1. The molecule has 0 amide bonds. The minimum absolute atomic E-state index is 0.201. The molecular weight excluding hydrogens is 324 g/mol. The van der Waals surface area contributed by atoms with E-state index >= 15 is 0 Å². The van der Waals surface area contributed by atoms with Crippen molar-refractivity contribution in [3.63, 3.8) is 0 Å². The molecule has 2 rings (SSSR count). The lowest BCUT2D eigenvalue weighted by Gasteiger charge is -2.28. The lowest BCUT2D eigenvalue weighted by Crippen LogP contribution is -2.40. The first-order valence-electron chi connectivity index (χ1n) is 8.83. The molecule has 0 aliphatic rings. The van der Waals surface area contributed by atoms with Gasteiger partial charge in [0.05, 0.1) is 5.71 Å². The van der Waals surface area contributed by atoms with Crippen LogP contribution in [0.15, 0.2) is 65.8 Å². The Hall–Kier alpha value is -2.20. The summed E-state index contributed by atoms with van der Waals surface area (Å²) < 4.78 is 2.13. The Balaban J connectivity index is 2.07. The quantitative estimate of drug-likeness (QED) is 0.283. The fourth-order valence-electron chi connectivity index (χ4n) is 2.40. The Kier molecular flexibility index (Phi) is 6.71. The molecule has 132 valence electrons. The predicted octanol–water partition coefficient (Wildman–Crippen LogP) is 5.21. The Morgan fingerprint density at radius 3 is 1.92 bits per heavy atom. The van der Waals surface area contributed by atoms with E-state index in [1.165, 1.54) is 0 Å². The van der Waals surface area contributed by atoms with Gasteiger partial charge in [0.1, 0.15) is 0 Å². The second kappa shape index (κ2) is 8.76. The van der Waals surface area contributed by atoms with Crippen molar-refractivity contribution >= 4 is 19.7 Å². The molecule has 0 aliphatic carbocycles. The molecule has 0 unspecified atom stereocenters. The second-order valence-corrected chi connectivity index (χ2v) is 12.2. The Morgan fingerprint density at radius 2 is 1.40 bits per heavy atom. The van der Waals surface area contributed by atoms with Gasteiger partial charge in [-0.25, -0.2) is 0 Å². The average molecular weight is 353 g/mol. The van der Waals surface area contributed by atoms with Crippen LogP contribution in [0.4, 0.5) is 0 Å². The molecule has 0 saturated carbocycles. The maximum atomic E-state index is 12.3. The third kappa shape index (κ3) is 5.98. The number of rotatable bonds is 8. The summed E-state index contributed by atoms with van der Waals surface area (Å²) in [5.41, 5.74) is 2.99. The fourth-order valence-corrected chi connectivity index (χ4v) is 2.82. The Labute approximate surface area is 152 Å². The topological polar surface area (TPSA) is 32.7 Å². The van der Waals surface area contributed by atoms with E-state index in [2.05, 4.69) is 43.5 Å². The van der Waals surface area contributed by atoms with Crippen molar-refractivity contribution in [2.75, 3.05) is 7.05 Å². The number of hydrogen-bond acceptors (Lipinski definition) is 3. The third-order valence-electron chi connectivity index (χ3n) is 4.26. The molecule has 25 heavy (non-hydrogen) atoms. The zero-order valence-corrected chi connectivity index (χ0v) is 16.7. The highest BCUT2D eigenvalue weighted by atomic mass is 28.3. The first-order valence-corrected chi connectivity index (χ1v) is 12.3. The maximum Gasteiger partial charge on any atom is 0.168 e. The van der Waals surface area contributed by atoms with E-state index in [1.54, 1.807) is 0 Å². The normalized spacial score (nSPS) is 12.1. The second-order valence-electron chi connectivity index (χ2n) is 7.25. The number of benzene rings is 2. The molecule has 0 N–H and O–H groups in total. The molecule has 0 aromatic heterocycles. The van der Waals surface area contributed by atoms with Gasteiger partial charge in [-0.2, -0.15) is 5.10 Å². The highest BCUT2D eigenvalue weighted by Crippen LogP contribution is 2.14. The number of hydrazone groups is 1. The van der Waals surface area contributed by atoms with Crippen LogP contribution in [-0.2, 0) is 0 Å². The standard InChI is InChI=1S/C21H28N2OSi/c1-23(25(2,3)4)22-20(18-12-7-5-8-13-18)16-11-17-21(24)19-14-9-6-10-15-19/h5-10,12-15H,11,16-17H2,1-4H3/b22-20+. The van der Waals surface area contributed by atoms with E-state index in [-0.39, 0.29) is 5.78 Å². The van der Waals surface area contributed by atoms with Crippen LogP contribution >= 0.6 is 0 Å². The molecule has 0 atom stereocenters. The molecule has 0 bridgehead atoms. The molecule has 2 aromatic carbocycles. The zero-order chi connectivity index (χ0) is 18.3. The average Bonchev–Trinajstić information content (AvgIpc) is 2.61. The first-order chi connectivity index (χ1) is 11.9. The molecular formula is C21H28N2OSi. The van der Waals surface area contributed by atoms with E-state index < -0.39 is 8.24 Å². The highest BCUT2D eigenvalue weighted by Gasteiger charge is 2.20. The van der Waals surface area contributed by atoms with Gasteiger partial charge in [-0.1, -0.05) is 80.3 Å². The van der Waals surface area contributed by atoms with Crippen LogP contribution in [-0.4, -0.2) is 31.5 Å². The summed E-state index contributed by atoms with van der Waals surface area (Å²) in [7, 11) is 0.569. The van der Waals surface area contributed by atoms with Gasteiger partial charge in [-0.05, 0) is 18.4 Å². The van der Waals surface area contributed by atoms with Crippen LogP contribution in [0.25, 0.3) is 0 Å². The van der Waals surface area contributed by atoms with Gasteiger partial charge in [0.25, 0.3) is 0 Å². The van der Waals surface area contributed by atoms with E-state index in [0.717, 1.165) is 29.7 Å². The van der Waals surface area contributed by atoms with Crippen molar-refractivity contribution in [3.8, 4) is 0 Å². The Morgan fingerprint density at radius 1 is 0.880 bits per heavy atom. The summed E-state index contributed by atoms with van der Waals surface area (Å²) in [6, 6.07) is 19.8. The molecule has 0 spiro atoms. The van der Waals surface area contributed by atoms with Crippen molar-refractivity contribution < 1.29 is 4.79 Å². The van der Waals surface area contributed by atoms with Crippen molar-refractivity contribution in [3.05, 3.63) is 71.8 Å². The minimum atomic E-state index is -1.49. The smallest absolute Gasteiger partial charge is 0.168 e. The summed E-state index contributed by atoms with van der Waals surface area (Å²) in [4.78, 5) is 12.3. The zero-order valence-electron chi connectivity index (χ0n) is 15.7. The van der Waals surface area contributed by atoms with Crippen molar-refractivity contribution in [2.45, 2.75) is 38.9 Å². The van der Waals surface area contributed by atoms with Gasteiger partial charge < -0.3 is 4.67 Å². The molecule has 2 aromatic rings. The Bertz CT molecular complexity index is 706. The SMILES string of the molecule is CN(/N=C(\CCCC(=O)c1ccccc1)c1ccccc1)[Si](C)(C)C. The van der Waals surface area contributed by atoms with Gasteiger partial charge >= 0.3 is 0 Å². The maximum absolute atomic E-state index is 12.3. The molecule has 0 heterocycles. The largest absolute Gasteiger partial charge is 0.327 e. The number of carbonyl (C=O) groups excluding carboxylic acids is 1. The van der Waals surface area contributed by atoms with Crippen LogP contribution < -0.4 is 0 Å². The van der Waals surface area contributed by atoms with E-state index in [0.29, 0.717) is 6.42 Å². The van der Waals surface area contributed by atoms with Gasteiger partial charge in [0.2, 0.25) is 0 Å². The van der Waals surface area contributed by atoms with Crippen LogP contribution in [0.5, 0.6) is 0 Å². The predicted molar refractivity (Wildman–Crippen MR) is 109 cm³/mol. The first kappa shape index (κ1) is 19.1. The van der Waals surface area contributed by atoms with E-state index in [1.807, 2.05) is 48.5 Å². The monoisotopic (exact) mass is 352 g/mol. The van der Waals surface area contributed by atoms with E-state index in [4.69, 9.17) is 5.10 Å². The lowest BCUT2D eigenvalue weighted by atomic mass is 10.0. The summed E-state index contributed by atoms with van der Waals surface area (Å²) in [5.74, 6) is 0.201. The fraction of sp³-hybridized carbons (Fsp3) is 0.333.